The molecule has 1 rings (SSSR count). The summed E-state index contributed by atoms with van der Waals surface area (Å²) in [6, 6.07) is -0.752. The lowest BCUT2D eigenvalue weighted by Crippen LogP contribution is -2.64. The van der Waals surface area contributed by atoms with Gasteiger partial charge in [-0.25, -0.2) is 0 Å². The van der Waals surface area contributed by atoms with Crippen molar-refractivity contribution in [2.75, 3.05) is 6.61 Å². The molecule has 0 saturated carbocycles. The van der Waals surface area contributed by atoms with Gasteiger partial charge in [-0.2, -0.15) is 0 Å². The summed E-state index contributed by atoms with van der Waals surface area (Å²) in [6.07, 6.45) is -6.31. The molecule has 1 aliphatic rings. The molecular weight excluding hydrogens is 244 g/mol. The Morgan fingerprint density at radius 3 is 2.44 bits per heavy atom. The number of ether oxygens (including phenoxy) is 1. The molecule has 7 N–H and O–H groups in total. The molecule has 1 aliphatic heterocycles. The van der Waals surface area contributed by atoms with E-state index in [1.54, 1.807) is 6.92 Å². The largest absolute Gasteiger partial charge is 0.394 e. The van der Waals surface area contributed by atoms with Crippen molar-refractivity contribution in [2.45, 2.75) is 50.0 Å². The molecule has 8 nitrogen and oxygen atoms in total. The molecule has 1 amide bonds. The Morgan fingerprint density at radius 2 is 1.94 bits per heavy atom. The van der Waals surface area contributed by atoms with E-state index in [4.69, 9.17) is 15.6 Å². The van der Waals surface area contributed by atoms with Crippen LogP contribution in [0.3, 0.4) is 0 Å². The lowest BCUT2D eigenvalue weighted by atomic mass is 9.98. The summed E-state index contributed by atoms with van der Waals surface area (Å²) >= 11 is 0. The van der Waals surface area contributed by atoms with Gasteiger partial charge < -0.3 is 36.2 Å². The normalized spacial score (nSPS) is 38.2. The van der Waals surface area contributed by atoms with E-state index in [1.165, 1.54) is 0 Å². The number of hydrogen-bond acceptors (Lipinski definition) is 7. The summed E-state index contributed by atoms with van der Waals surface area (Å²) < 4.78 is 5.10. The molecule has 8 heteroatoms. The van der Waals surface area contributed by atoms with E-state index in [2.05, 4.69) is 5.32 Å². The predicted molar refractivity (Wildman–Crippen MR) is 60.2 cm³/mol. The fraction of sp³-hybridized carbons (Fsp3) is 0.900. The minimum atomic E-state index is -1.51. The number of carbonyl (C=O) groups is 1. The molecule has 0 bridgehead atoms. The Hall–Kier alpha value is -0.770. The maximum Gasteiger partial charge on any atom is 0.238 e. The molecule has 0 aromatic rings. The lowest BCUT2D eigenvalue weighted by Gasteiger charge is -2.40. The van der Waals surface area contributed by atoms with E-state index in [1.807, 2.05) is 0 Å². The van der Waals surface area contributed by atoms with Crippen LogP contribution in [-0.4, -0.2) is 69.6 Å². The molecule has 3 unspecified atom stereocenters. The number of nitrogens with two attached hydrogens (primary N) is 1. The van der Waals surface area contributed by atoms with Crippen molar-refractivity contribution in [3.63, 3.8) is 0 Å². The molecule has 106 valence electrons. The second-order valence-electron chi connectivity index (χ2n) is 4.27. The van der Waals surface area contributed by atoms with Crippen molar-refractivity contribution in [1.82, 2.24) is 5.32 Å². The molecule has 0 aliphatic carbocycles. The van der Waals surface area contributed by atoms with E-state index in [-0.39, 0.29) is 0 Å². The van der Waals surface area contributed by atoms with Crippen molar-refractivity contribution in [2.24, 2.45) is 5.73 Å². The molecule has 1 saturated heterocycles. The van der Waals surface area contributed by atoms with Gasteiger partial charge in [-0.15, -0.1) is 0 Å². The van der Waals surface area contributed by atoms with Crippen LogP contribution >= 0.6 is 0 Å². The Kier molecular flexibility index (Phi) is 5.45. The van der Waals surface area contributed by atoms with Crippen LogP contribution in [0, 0.1) is 0 Å². The minimum Gasteiger partial charge on any atom is -0.394 e. The van der Waals surface area contributed by atoms with Crippen molar-refractivity contribution in [1.29, 1.82) is 0 Å². The second kappa shape index (κ2) is 6.41. The van der Waals surface area contributed by atoms with Crippen molar-refractivity contribution in [3.8, 4) is 0 Å². The third-order valence-electron chi connectivity index (χ3n) is 2.95. The monoisotopic (exact) mass is 264 g/mol. The highest BCUT2D eigenvalue weighted by Gasteiger charge is 2.44. The summed E-state index contributed by atoms with van der Waals surface area (Å²) in [7, 11) is 0. The van der Waals surface area contributed by atoms with Gasteiger partial charge in [0.15, 0.2) is 6.23 Å². The molecule has 1 heterocycles. The smallest absolute Gasteiger partial charge is 0.238 e. The number of amides is 1. The van der Waals surface area contributed by atoms with Gasteiger partial charge in [-0.05, 0) is 6.42 Å². The number of carbonyl (C=O) groups excluding carboxylic acids is 1. The number of rotatable bonds is 4. The van der Waals surface area contributed by atoms with Gasteiger partial charge in [0.1, 0.15) is 24.4 Å². The van der Waals surface area contributed by atoms with Gasteiger partial charge in [0.05, 0.1) is 12.6 Å². The molecular formula is C10H20N2O6. The summed E-state index contributed by atoms with van der Waals surface area (Å²) in [6.45, 7) is 1.18. The zero-order valence-corrected chi connectivity index (χ0v) is 10.1. The molecule has 18 heavy (non-hydrogen) atoms. The summed E-state index contributed by atoms with van der Waals surface area (Å²) in [5, 5.41) is 40.0. The topological polar surface area (TPSA) is 145 Å². The van der Waals surface area contributed by atoms with Gasteiger partial charge in [0.25, 0.3) is 0 Å². The SMILES string of the molecule is CCC(N)C(=O)N[C@@H]1OC(CO)[C@H](O)[C@H](O)C1O. The fourth-order valence-electron chi connectivity index (χ4n) is 1.65. The maximum atomic E-state index is 11.5. The van der Waals surface area contributed by atoms with Gasteiger partial charge in [-0.3, -0.25) is 4.79 Å². The quantitative estimate of drug-likeness (QED) is 0.311. The van der Waals surface area contributed by atoms with Gasteiger partial charge >= 0.3 is 0 Å². The van der Waals surface area contributed by atoms with Gasteiger partial charge in [0, 0.05) is 0 Å². The molecule has 0 spiro atoms. The van der Waals surface area contributed by atoms with E-state index >= 15 is 0 Å². The number of nitrogens with one attached hydrogen (secondary N) is 1. The average Bonchev–Trinajstić information content (AvgIpc) is 2.38. The standard InChI is InChI=1S/C10H20N2O6/c1-2-4(11)9(17)12-10-8(16)7(15)6(14)5(3-13)18-10/h4-8,10,13-16H,2-3,11H2,1H3,(H,12,17)/t4?,5?,6-,7-,8?,10+/m0/s1. The first-order valence-corrected chi connectivity index (χ1v) is 5.78. The van der Waals surface area contributed by atoms with Gasteiger partial charge in [-0.1, -0.05) is 6.92 Å². The first-order chi connectivity index (χ1) is 8.42. The van der Waals surface area contributed by atoms with E-state index < -0.39 is 49.2 Å². The van der Waals surface area contributed by atoms with Gasteiger partial charge in [0.2, 0.25) is 5.91 Å². The maximum absolute atomic E-state index is 11.5. The molecule has 0 aromatic carbocycles. The first-order valence-electron chi connectivity index (χ1n) is 5.78. The zero-order chi connectivity index (χ0) is 13.9. The first kappa shape index (κ1) is 15.3. The van der Waals surface area contributed by atoms with Crippen LogP contribution < -0.4 is 11.1 Å². The number of aliphatic hydroxyl groups excluding tert-OH is 4. The van der Waals surface area contributed by atoms with E-state index in [9.17, 15) is 20.1 Å². The summed E-state index contributed by atoms with van der Waals surface area (Å²) in [5.74, 6) is -0.540. The average molecular weight is 264 g/mol. The van der Waals surface area contributed by atoms with E-state index in [0.29, 0.717) is 6.42 Å². The molecule has 0 radical (unpaired) electrons. The van der Waals surface area contributed by atoms with Crippen molar-refractivity contribution >= 4 is 5.91 Å². The van der Waals surface area contributed by atoms with E-state index in [0.717, 1.165) is 0 Å². The van der Waals surface area contributed by atoms with Crippen LogP contribution in [0.25, 0.3) is 0 Å². The fourth-order valence-corrected chi connectivity index (χ4v) is 1.65. The predicted octanol–water partition coefficient (Wildman–Crippen LogP) is -3.36. The van der Waals surface area contributed by atoms with Crippen LogP contribution in [0.15, 0.2) is 0 Å². The Balaban J connectivity index is 2.67. The molecule has 6 atom stereocenters. The van der Waals surface area contributed by atoms with Crippen LogP contribution in [0.1, 0.15) is 13.3 Å². The Labute approximate surface area is 104 Å². The van der Waals surface area contributed by atoms with Crippen molar-refractivity contribution in [3.05, 3.63) is 0 Å². The summed E-state index contributed by atoms with van der Waals surface area (Å²) in [5.41, 5.74) is 5.50. The lowest BCUT2D eigenvalue weighted by molar-refractivity contribution is -0.236. The highest BCUT2D eigenvalue weighted by molar-refractivity contribution is 5.81. The van der Waals surface area contributed by atoms with Crippen molar-refractivity contribution < 1.29 is 30.0 Å². The summed E-state index contributed by atoms with van der Waals surface area (Å²) in [4.78, 5) is 11.5. The van der Waals surface area contributed by atoms with Crippen LogP contribution in [0.2, 0.25) is 0 Å². The highest BCUT2D eigenvalue weighted by Crippen LogP contribution is 2.19. The van der Waals surface area contributed by atoms with Crippen LogP contribution in [0.5, 0.6) is 0 Å². The number of hydrogen-bond donors (Lipinski definition) is 6. The number of aliphatic hydroxyl groups is 4. The third-order valence-corrected chi connectivity index (χ3v) is 2.95. The highest BCUT2D eigenvalue weighted by atomic mass is 16.6. The molecule has 0 aromatic heterocycles. The Bertz CT molecular complexity index is 288. The third kappa shape index (κ3) is 3.16. The van der Waals surface area contributed by atoms with Crippen LogP contribution in [0.4, 0.5) is 0 Å². The zero-order valence-electron chi connectivity index (χ0n) is 10.1. The minimum absolute atomic E-state index is 0.406. The Morgan fingerprint density at radius 1 is 1.33 bits per heavy atom. The van der Waals surface area contributed by atoms with Crippen LogP contribution in [-0.2, 0) is 9.53 Å². The molecule has 1 fully saturated rings. The second-order valence-corrected chi connectivity index (χ2v) is 4.27.